The second-order valence-corrected chi connectivity index (χ2v) is 7.59. The van der Waals surface area contributed by atoms with Gasteiger partial charge < -0.3 is 20.2 Å². The topological polar surface area (TPSA) is 82.7 Å². The smallest absolute Gasteiger partial charge is 0.191 e. The maximum absolute atomic E-state index is 10.5. The Labute approximate surface area is 177 Å². The third kappa shape index (κ3) is 5.48. The first-order chi connectivity index (χ1) is 14.8. The van der Waals surface area contributed by atoms with Crippen molar-refractivity contribution in [2.24, 2.45) is 4.99 Å². The molecule has 3 N–H and O–H groups in total. The standard InChI is InChI=1S/C24H28N4O2/c29-23(19-9-12-25-13-10-19)17-27-24(26-14-11-22-6-3-15-30-22)28-21-8-7-18-4-1-2-5-20(18)16-21/h1-6,9-10,12-13,15,21,23,29H,7-8,11,14,16-17H2,(H2,26,27,28). The van der Waals surface area contributed by atoms with E-state index in [4.69, 9.17) is 4.42 Å². The van der Waals surface area contributed by atoms with Crippen molar-refractivity contribution in [3.8, 4) is 0 Å². The second-order valence-electron chi connectivity index (χ2n) is 7.59. The van der Waals surface area contributed by atoms with Gasteiger partial charge >= 0.3 is 0 Å². The summed E-state index contributed by atoms with van der Waals surface area (Å²) in [6.45, 7) is 0.984. The van der Waals surface area contributed by atoms with Crippen molar-refractivity contribution in [1.29, 1.82) is 0 Å². The quantitative estimate of drug-likeness (QED) is 0.416. The highest BCUT2D eigenvalue weighted by molar-refractivity contribution is 5.80. The van der Waals surface area contributed by atoms with Gasteiger partial charge in [-0.25, -0.2) is 0 Å². The summed E-state index contributed by atoms with van der Waals surface area (Å²) in [7, 11) is 0. The van der Waals surface area contributed by atoms with E-state index in [1.54, 1.807) is 18.7 Å². The maximum atomic E-state index is 10.5. The van der Waals surface area contributed by atoms with Crippen LogP contribution >= 0.6 is 0 Å². The molecule has 0 bridgehead atoms. The fourth-order valence-corrected chi connectivity index (χ4v) is 3.79. The number of aromatic nitrogens is 1. The lowest BCUT2D eigenvalue weighted by Crippen LogP contribution is -2.46. The molecule has 0 aliphatic heterocycles. The molecular weight excluding hydrogens is 376 g/mol. The van der Waals surface area contributed by atoms with Crippen LogP contribution in [0.5, 0.6) is 0 Å². The molecule has 3 aromatic rings. The molecule has 2 atom stereocenters. The van der Waals surface area contributed by atoms with Crippen LogP contribution < -0.4 is 10.6 Å². The highest BCUT2D eigenvalue weighted by Gasteiger charge is 2.19. The minimum atomic E-state index is -0.663. The number of aryl methyl sites for hydroxylation is 1. The summed E-state index contributed by atoms with van der Waals surface area (Å²) in [5, 5.41) is 17.4. The van der Waals surface area contributed by atoms with Gasteiger partial charge in [0.1, 0.15) is 5.76 Å². The van der Waals surface area contributed by atoms with E-state index in [1.807, 2.05) is 24.3 Å². The molecular formula is C24H28N4O2. The number of furan rings is 1. The number of aliphatic imine (C=N–C) groups is 1. The van der Waals surface area contributed by atoms with Gasteiger partial charge in [0.2, 0.25) is 0 Å². The molecule has 0 saturated carbocycles. The van der Waals surface area contributed by atoms with E-state index < -0.39 is 6.10 Å². The zero-order valence-corrected chi connectivity index (χ0v) is 17.0. The second kappa shape index (κ2) is 10.1. The molecule has 6 heteroatoms. The normalized spacial score (nSPS) is 17.2. The average Bonchev–Trinajstić information content (AvgIpc) is 3.31. The first-order valence-electron chi connectivity index (χ1n) is 10.5. The lowest BCUT2D eigenvalue weighted by molar-refractivity contribution is 0.187. The predicted molar refractivity (Wildman–Crippen MR) is 117 cm³/mol. The number of guanidine groups is 1. The minimum Gasteiger partial charge on any atom is -0.469 e. The first kappa shape index (κ1) is 20.2. The molecule has 0 radical (unpaired) electrons. The summed E-state index contributed by atoms with van der Waals surface area (Å²) in [5.74, 6) is 1.66. The number of benzene rings is 1. The molecule has 30 heavy (non-hydrogen) atoms. The molecule has 0 spiro atoms. The third-order valence-corrected chi connectivity index (χ3v) is 5.44. The van der Waals surface area contributed by atoms with Crippen molar-refractivity contribution in [3.05, 3.63) is 89.6 Å². The van der Waals surface area contributed by atoms with Gasteiger partial charge in [0, 0.05) is 31.4 Å². The Kier molecular flexibility index (Phi) is 6.77. The maximum Gasteiger partial charge on any atom is 0.191 e. The van der Waals surface area contributed by atoms with E-state index in [0.29, 0.717) is 12.6 Å². The van der Waals surface area contributed by atoms with E-state index in [9.17, 15) is 5.11 Å². The molecule has 2 aromatic heterocycles. The van der Waals surface area contributed by atoms with Gasteiger partial charge in [-0.3, -0.25) is 9.98 Å². The largest absolute Gasteiger partial charge is 0.469 e. The molecule has 1 aliphatic rings. The molecule has 4 rings (SSSR count). The van der Waals surface area contributed by atoms with Crippen LogP contribution in [0.15, 0.2) is 76.6 Å². The number of hydrogen-bond acceptors (Lipinski definition) is 4. The van der Waals surface area contributed by atoms with Crippen LogP contribution in [0.25, 0.3) is 0 Å². The number of rotatable bonds is 7. The van der Waals surface area contributed by atoms with Crippen LogP contribution in [-0.4, -0.2) is 35.2 Å². The average molecular weight is 405 g/mol. The molecule has 1 aliphatic carbocycles. The zero-order valence-electron chi connectivity index (χ0n) is 17.0. The summed E-state index contributed by atoms with van der Waals surface area (Å²) in [6.07, 6.45) is 8.26. The Morgan fingerprint density at radius 3 is 2.77 bits per heavy atom. The fourth-order valence-electron chi connectivity index (χ4n) is 3.79. The van der Waals surface area contributed by atoms with Crippen LogP contribution in [0.2, 0.25) is 0 Å². The number of aliphatic hydroxyl groups is 1. The van der Waals surface area contributed by atoms with E-state index in [1.165, 1.54) is 11.1 Å². The van der Waals surface area contributed by atoms with Gasteiger partial charge in [0.25, 0.3) is 0 Å². The molecule has 0 amide bonds. The summed E-state index contributed by atoms with van der Waals surface area (Å²) >= 11 is 0. The number of nitrogens with zero attached hydrogens (tertiary/aromatic N) is 2. The molecule has 0 fully saturated rings. The monoisotopic (exact) mass is 404 g/mol. The molecule has 2 unspecified atom stereocenters. The fraction of sp³-hybridized carbons (Fsp3) is 0.333. The Bertz CT molecular complexity index is 941. The number of fused-ring (bicyclic) bond motifs is 1. The lowest BCUT2D eigenvalue weighted by Gasteiger charge is -2.27. The summed E-state index contributed by atoms with van der Waals surface area (Å²) in [5.41, 5.74) is 3.65. The number of aliphatic hydroxyl groups excluding tert-OH is 1. The van der Waals surface area contributed by atoms with Gasteiger partial charge in [-0.05, 0) is 60.2 Å². The Hall–Kier alpha value is -3.12. The zero-order chi connectivity index (χ0) is 20.6. The van der Waals surface area contributed by atoms with Gasteiger partial charge in [-0.15, -0.1) is 0 Å². The Balaban J connectivity index is 1.40. The van der Waals surface area contributed by atoms with Crippen molar-refractivity contribution in [3.63, 3.8) is 0 Å². The molecule has 6 nitrogen and oxygen atoms in total. The van der Waals surface area contributed by atoms with E-state index in [2.05, 4.69) is 44.9 Å². The minimum absolute atomic E-state index is 0.281. The van der Waals surface area contributed by atoms with Crippen molar-refractivity contribution in [1.82, 2.24) is 15.6 Å². The molecule has 0 saturated heterocycles. The number of hydrogen-bond donors (Lipinski definition) is 3. The number of nitrogens with one attached hydrogen (secondary N) is 2. The van der Waals surface area contributed by atoms with Crippen LogP contribution in [0.4, 0.5) is 0 Å². The Morgan fingerprint density at radius 1 is 1.13 bits per heavy atom. The first-order valence-corrected chi connectivity index (χ1v) is 10.5. The van der Waals surface area contributed by atoms with Crippen LogP contribution in [0.3, 0.4) is 0 Å². The van der Waals surface area contributed by atoms with Gasteiger partial charge in [-0.1, -0.05) is 24.3 Å². The van der Waals surface area contributed by atoms with Crippen molar-refractivity contribution in [2.45, 2.75) is 37.8 Å². The van der Waals surface area contributed by atoms with E-state index >= 15 is 0 Å². The summed E-state index contributed by atoms with van der Waals surface area (Å²) in [4.78, 5) is 8.67. The Morgan fingerprint density at radius 2 is 1.97 bits per heavy atom. The lowest BCUT2D eigenvalue weighted by atomic mass is 9.88. The summed E-state index contributed by atoms with van der Waals surface area (Å²) < 4.78 is 5.41. The van der Waals surface area contributed by atoms with Gasteiger partial charge in [0.15, 0.2) is 5.96 Å². The van der Waals surface area contributed by atoms with Crippen LogP contribution in [0.1, 0.15) is 35.0 Å². The highest BCUT2D eigenvalue weighted by Crippen LogP contribution is 2.21. The van der Waals surface area contributed by atoms with Crippen LogP contribution in [0, 0.1) is 0 Å². The summed E-state index contributed by atoms with van der Waals surface area (Å²) in [6, 6.07) is 16.4. The molecule has 2 heterocycles. The van der Waals surface area contributed by atoms with E-state index in [-0.39, 0.29) is 6.54 Å². The third-order valence-electron chi connectivity index (χ3n) is 5.44. The molecule has 156 valence electrons. The van der Waals surface area contributed by atoms with Crippen molar-refractivity contribution >= 4 is 5.96 Å². The van der Waals surface area contributed by atoms with Crippen LogP contribution in [-0.2, 0) is 19.3 Å². The predicted octanol–water partition coefficient (Wildman–Crippen LogP) is 3.04. The number of pyridine rings is 1. The highest BCUT2D eigenvalue weighted by atomic mass is 16.3. The molecule has 1 aromatic carbocycles. The van der Waals surface area contributed by atoms with Crippen molar-refractivity contribution in [2.75, 3.05) is 13.1 Å². The van der Waals surface area contributed by atoms with Gasteiger partial charge in [0.05, 0.1) is 18.9 Å². The van der Waals surface area contributed by atoms with Gasteiger partial charge in [-0.2, -0.15) is 0 Å². The van der Waals surface area contributed by atoms with Crippen molar-refractivity contribution < 1.29 is 9.52 Å². The van der Waals surface area contributed by atoms with E-state index in [0.717, 1.165) is 43.0 Å². The SMILES string of the molecule is OC(CN=C(NCCc1ccco1)NC1CCc2ccccc2C1)c1ccncc1.